The van der Waals surface area contributed by atoms with Gasteiger partial charge in [0, 0.05) is 17.6 Å². The number of carbonyl (C=O) groups is 2. The van der Waals surface area contributed by atoms with Crippen LogP contribution in [-0.4, -0.2) is 24.5 Å². The molecule has 4 rings (SSSR count). The maximum atomic E-state index is 13.8. The minimum Gasteiger partial charge on any atom is -0.455 e. The molecular formula is C21H19F2NO3. The third-order valence-electron chi connectivity index (χ3n) is 5.29. The highest BCUT2D eigenvalue weighted by Crippen LogP contribution is 2.49. The quantitative estimate of drug-likeness (QED) is 0.772. The number of para-hydroxylation sites is 1. The highest BCUT2D eigenvalue weighted by molar-refractivity contribution is 5.98. The maximum absolute atomic E-state index is 13.8. The molecule has 3 atom stereocenters. The lowest BCUT2D eigenvalue weighted by Gasteiger charge is -2.22. The number of halogens is 2. The Kier molecular flexibility index (Phi) is 4.42. The van der Waals surface area contributed by atoms with Gasteiger partial charge in [-0.25, -0.2) is 8.78 Å². The number of hydrogen-bond acceptors (Lipinski definition) is 3. The van der Waals surface area contributed by atoms with E-state index in [-0.39, 0.29) is 24.1 Å². The molecule has 2 aromatic rings. The van der Waals surface area contributed by atoms with E-state index in [1.165, 1.54) is 12.1 Å². The maximum Gasteiger partial charge on any atom is 0.310 e. The fourth-order valence-electron chi connectivity index (χ4n) is 3.86. The van der Waals surface area contributed by atoms with Crippen molar-refractivity contribution in [2.24, 2.45) is 5.92 Å². The summed E-state index contributed by atoms with van der Waals surface area (Å²) >= 11 is 0. The summed E-state index contributed by atoms with van der Waals surface area (Å²) in [6.45, 7) is 1.59. The van der Waals surface area contributed by atoms with Crippen molar-refractivity contribution < 1.29 is 23.1 Å². The third-order valence-corrected chi connectivity index (χ3v) is 5.29. The minimum atomic E-state index is -0.927. The number of ether oxygens (including phenoxy) is 1. The van der Waals surface area contributed by atoms with E-state index in [4.69, 9.17) is 4.74 Å². The molecule has 27 heavy (non-hydrogen) atoms. The standard InChI is InChI=1S/C21H19F2NO3/c1-12-9-13-5-2-3-8-18(13)24(12)19(25)11-27-21(26)16-10-15(16)14-6-4-7-17(22)20(14)23/h2-8,12,15-16H,9-11H2,1H3/t12-,15+,16+/m1/s1. The van der Waals surface area contributed by atoms with Crippen molar-refractivity contribution in [1.82, 2.24) is 0 Å². The summed E-state index contributed by atoms with van der Waals surface area (Å²) in [5.41, 5.74) is 2.12. The molecule has 1 saturated carbocycles. The lowest BCUT2D eigenvalue weighted by molar-refractivity contribution is -0.149. The number of fused-ring (bicyclic) bond motifs is 1. The van der Waals surface area contributed by atoms with Crippen LogP contribution in [0.15, 0.2) is 42.5 Å². The smallest absolute Gasteiger partial charge is 0.310 e. The molecule has 2 aliphatic rings. The molecule has 1 amide bonds. The minimum absolute atomic E-state index is 0.00339. The number of hydrogen-bond donors (Lipinski definition) is 0. The first kappa shape index (κ1) is 17.6. The van der Waals surface area contributed by atoms with Gasteiger partial charge in [-0.3, -0.25) is 9.59 Å². The molecule has 0 radical (unpaired) electrons. The van der Waals surface area contributed by atoms with E-state index < -0.39 is 29.4 Å². The first-order valence-corrected chi connectivity index (χ1v) is 8.98. The molecule has 4 nitrogen and oxygen atoms in total. The van der Waals surface area contributed by atoms with Crippen molar-refractivity contribution in [2.75, 3.05) is 11.5 Å². The van der Waals surface area contributed by atoms with Gasteiger partial charge in [0.25, 0.3) is 5.91 Å². The SMILES string of the molecule is C[C@@H]1Cc2ccccc2N1C(=O)COC(=O)[C@H]1C[C@H]1c1cccc(F)c1F. The van der Waals surface area contributed by atoms with Gasteiger partial charge in [-0.15, -0.1) is 0 Å². The van der Waals surface area contributed by atoms with Crippen LogP contribution < -0.4 is 4.90 Å². The van der Waals surface area contributed by atoms with E-state index >= 15 is 0 Å². The van der Waals surface area contributed by atoms with Crippen molar-refractivity contribution in [1.29, 1.82) is 0 Å². The molecule has 2 aromatic carbocycles. The Balaban J connectivity index is 1.37. The van der Waals surface area contributed by atoms with Crippen LogP contribution in [0, 0.1) is 17.6 Å². The second kappa shape index (κ2) is 6.76. The molecule has 0 bridgehead atoms. The summed E-state index contributed by atoms with van der Waals surface area (Å²) < 4.78 is 32.4. The van der Waals surface area contributed by atoms with Gasteiger partial charge in [0.15, 0.2) is 18.2 Å². The molecular weight excluding hydrogens is 352 g/mol. The van der Waals surface area contributed by atoms with Crippen molar-refractivity contribution in [3.05, 3.63) is 65.2 Å². The molecule has 1 heterocycles. The Labute approximate surface area is 155 Å². The van der Waals surface area contributed by atoms with Crippen LogP contribution in [0.3, 0.4) is 0 Å². The Morgan fingerprint density at radius 2 is 1.93 bits per heavy atom. The molecule has 0 N–H and O–H groups in total. The average molecular weight is 371 g/mol. The van der Waals surface area contributed by atoms with Gasteiger partial charge < -0.3 is 9.64 Å². The summed E-state index contributed by atoms with van der Waals surface area (Å²) in [7, 11) is 0. The molecule has 6 heteroatoms. The zero-order valence-electron chi connectivity index (χ0n) is 14.8. The van der Waals surface area contributed by atoms with Crippen LogP contribution in [0.1, 0.15) is 30.4 Å². The first-order chi connectivity index (χ1) is 13.0. The van der Waals surface area contributed by atoms with Crippen LogP contribution in [0.5, 0.6) is 0 Å². The van der Waals surface area contributed by atoms with Crippen LogP contribution >= 0.6 is 0 Å². The zero-order valence-corrected chi connectivity index (χ0v) is 14.8. The second-order valence-corrected chi connectivity index (χ2v) is 7.15. The Bertz CT molecular complexity index is 914. The van der Waals surface area contributed by atoms with Crippen LogP contribution in [-0.2, 0) is 20.7 Å². The van der Waals surface area contributed by atoms with Crippen LogP contribution in [0.25, 0.3) is 0 Å². The van der Waals surface area contributed by atoms with Gasteiger partial charge in [-0.2, -0.15) is 0 Å². The summed E-state index contributed by atoms with van der Waals surface area (Å²) in [6, 6.07) is 11.6. The Morgan fingerprint density at radius 1 is 1.15 bits per heavy atom. The number of nitrogens with zero attached hydrogens (tertiary/aromatic N) is 1. The van der Waals surface area contributed by atoms with Crippen molar-refractivity contribution >= 4 is 17.6 Å². The highest BCUT2D eigenvalue weighted by Gasteiger charge is 2.47. The number of esters is 1. The zero-order chi connectivity index (χ0) is 19.1. The fourth-order valence-corrected chi connectivity index (χ4v) is 3.86. The topological polar surface area (TPSA) is 46.6 Å². The highest BCUT2D eigenvalue weighted by atomic mass is 19.2. The van der Waals surface area contributed by atoms with Gasteiger partial charge in [-0.1, -0.05) is 30.3 Å². The van der Waals surface area contributed by atoms with E-state index in [0.717, 1.165) is 23.7 Å². The normalized spacial score (nSPS) is 23.1. The predicted molar refractivity (Wildman–Crippen MR) is 95.3 cm³/mol. The largest absolute Gasteiger partial charge is 0.455 e. The van der Waals surface area contributed by atoms with Crippen molar-refractivity contribution in [3.63, 3.8) is 0 Å². The van der Waals surface area contributed by atoms with Crippen molar-refractivity contribution in [2.45, 2.75) is 31.7 Å². The van der Waals surface area contributed by atoms with Gasteiger partial charge >= 0.3 is 5.97 Å². The lowest BCUT2D eigenvalue weighted by atomic mass is 10.1. The lowest BCUT2D eigenvalue weighted by Crippen LogP contribution is -2.38. The molecule has 1 aliphatic heterocycles. The molecule has 140 valence electrons. The summed E-state index contributed by atoms with van der Waals surface area (Å²) in [6.07, 6.45) is 1.16. The number of amides is 1. The summed E-state index contributed by atoms with van der Waals surface area (Å²) in [4.78, 5) is 26.4. The molecule has 0 spiro atoms. The third kappa shape index (κ3) is 3.20. The molecule has 0 aromatic heterocycles. The van der Waals surface area contributed by atoms with E-state index in [0.29, 0.717) is 6.42 Å². The number of benzene rings is 2. The van der Waals surface area contributed by atoms with Crippen LogP contribution in [0.4, 0.5) is 14.5 Å². The number of rotatable bonds is 4. The molecule has 1 fully saturated rings. The summed E-state index contributed by atoms with van der Waals surface area (Å²) in [5.74, 6) is -3.60. The monoisotopic (exact) mass is 371 g/mol. The number of carbonyl (C=O) groups excluding carboxylic acids is 2. The van der Waals surface area contributed by atoms with E-state index in [2.05, 4.69) is 0 Å². The molecule has 1 aliphatic carbocycles. The van der Waals surface area contributed by atoms with E-state index in [1.807, 2.05) is 31.2 Å². The van der Waals surface area contributed by atoms with Crippen molar-refractivity contribution in [3.8, 4) is 0 Å². The van der Waals surface area contributed by atoms with Gasteiger partial charge in [0.2, 0.25) is 0 Å². The summed E-state index contributed by atoms with van der Waals surface area (Å²) in [5, 5.41) is 0. The predicted octanol–water partition coefficient (Wildman–Crippen LogP) is 3.59. The van der Waals surface area contributed by atoms with Gasteiger partial charge in [0.1, 0.15) is 0 Å². The average Bonchev–Trinajstić information content (AvgIpc) is 3.37. The number of anilines is 1. The first-order valence-electron chi connectivity index (χ1n) is 8.98. The fraction of sp³-hybridized carbons (Fsp3) is 0.333. The van der Waals surface area contributed by atoms with Crippen LogP contribution in [0.2, 0.25) is 0 Å². The Hall–Kier alpha value is -2.76. The van der Waals surface area contributed by atoms with Gasteiger partial charge in [-0.05, 0) is 43.0 Å². The Morgan fingerprint density at radius 3 is 2.74 bits per heavy atom. The van der Waals surface area contributed by atoms with E-state index in [1.54, 1.807) is 4.90 Å². The van der Waals surface area contributed by atoms with Gasteiger partial charge in [0.05, 0.1) is 5.92 Å². The second-order valence-electron chi connectivity index (χ2n) is 7.15. The molecule has 0 unspecified atom stereocenters. The molecule has 0 saturated heterocycles. The van der Waals surface area contributed by atoms with E-state index in [9.17, 15) is 18.4 Å².